The Labute approximate surface area is 147 Å². The molecular weight excluding hydrogens is 326 g/mol. The summed E-state index contributed by atoms with van der Waals surface area (Å²) < 4.78 is 0. The van der Waals surface area contributed by atoms with E-state index in [-0.39, 0.29) is 43.9 Å². The molecule has 25 heavy (non-hydrogen) atoms. The van der Waals surface area contributed by atoms with Gasteiger partial charge in [-0.2, -0.15) is 0 Å². The third-order valence-corrected chi connectivity index (χ3v) is 3.79. The van der Waals surface area contributed by atoms with Gasteiger partial charge in [0.2, 0.25) is 23.6 Å². The van der Waals surface area contributed by atoms with Crippen LogP contribution in [-0.2, 0) is 19.2 Å². The Kier molecular flexibility index (Phi) is 8.62. The summed E-state index contributed by atoms with van der Waals surface area (Å²) in [6.07, 6.45) is 5.19. The van der Waals surface area contributed by atoms with Crippen molar-refractivity contribution in [2.75, 3.05) is 53.4 Å². The van der Waals surface area contributed by atoms with Crippen LogP contribution in [0.4, 0.5) is 0 Å². The van der Waals surface area contributed by atoms with Crippen molar-refractivity contribution in [2.45, 2.75) is 12.8 Å². The van der Waals surface area contributed by atoms with Crippen molar-refractivity contribution in [3.05, 3.63) is 12.2 Å². The molecule has 0 fully saturated rings. The molecule has 0 aromatic rings. The second-order valence-corrected chi connectivity index (χ2v) is 6.01. The fraction of sp³-hybridized carbons (Fsp3) is 0.625. The zero-order valence-electron chi connectivity index (χ0n) is 14.9. The minimum atomic E-state index is -0.602. The van der Waals surface area contributed by atoms with Crippen molar-refractivity contribution in [3.8, 4) is 0 Å². The Balaban J connectivity index is 2.83. The summed E-state index contributed by atoms with van der Waals surface area (Å²) in [6.45, 7) is 0.678. The summed E-state index contributed by atoms with van der Waals surface area (Å²) in [6, 6.07) is 0. The van der Waals surface area contributed by atoms with Crippen molar-refractivity contribution < 1.29 is 19.2 Å². The highest BCUT2D eigenvalue weighted by molar-refractivity contribution is 5.90. The Morgan fingerprint density at radius 2 is 1.64 bits per heavy atom. The lowest BCUT2D eigenvalue weighted by Crippen LogP contribution is -2.47. The van der Waals surface area contributed by atoms with Crippen LogP contribution in [0, 0.1) is 0 Å². The standard InChI is InChI=1S/C16H27N5O4/c1-19-11-15(24)20(2)12-16(25)21(10-13(17)22)8-6-4-3-5-7-18-9-14(19)23/h3-4,18H,5-12H2,1-2H3,(H2,17,22)/b4-3+. The number of hydrogen-bond acceptors (Lipinski definition) is 5. The van der Waals surface area contributed by atoms with Gasteiger partial charge in [0.1, 0.15) is 0 Å². The molecule has 0 spiro atoms. The molecule has 0 atom stereocenters. The number of rotatable bonds is 2. The molecule has 0 saturated heterocycles. The van der Waals surface area contributed by atoms with Crippen LogP contribution < -0.4 is 11.1 Å². The molecule has 1 aliphatic rings. The van der Waals surface area contributed by atoms with E-state index in [1.807, 2.05) is 12.2 Å². The molecule has 140 valence electrons. The lowest BCUT2D eigenvalue weighted by atomic mass is 10.3. The largest absolute Gasteiger partial charge is 0.368 e. The molecule has 0 saturated carbocycles. The van der Waals surface area contributed by atoms with E-state index in [9.17, 15) is 19.2 Å². The molecule has 1 aliphatic heterocycles. The highest BCUT2D eigenvalue weighted by Gasteiger charge is 2.21. The van der Waals surface area contributed by atoms with Crippen LogP contribution in [0.25, 0.3) is 0 Å². The molecule has 0 aliphatic carbocycles. The van der Waals surface area contributed by atoms with Gasteiger partial charge in [-0.3, -0.25) is 19.2 Å². The van der Waals surface area contributed by atoms with E-state index in [0.29, 0.717) is 19.5 Å². The average molecular weight is 353 g/mol. The summed E-state index contributed by atoms with van der Waals surface area (Å²) in [5, 5.41) is 3.02. The predicted octanol–water partition coefficient (Wildman–Crippen LogP) is -1.84. The second kappa shape index (κ2) is 10.4. The molecular formula is C16H27N5O4. The second-order valence-electron chi connectivity index (χ2n) is 6.01. The van der Waals surface area contributed by atoms with Gasteiger partial charge < -0.3 is 25.8 Å². The number of hydrogen-bond donors (Lipinski definition) is 2. The number of primary amides is 1. The number of nitrogens with zero attached hydrogens (tertiary/aromatic N) is 3. The van der Waals surface area contributed by atoms with Gasteiger partial charge in [-0.05, 0) is 19.4 Å². The molecule has 0 unspecified atom stereocenters. The number of amides is 4. The fourth-order valence-corrected chi connectivity index (χ4v) is 2.26. The first-order chi connectivity index (χ1) is 11.8. The van der Waals surface area contributed by atoms with Crippen LogP contribution in [0.3, 0.4) is 0 Å². The van der Waals surface area contributed by atoms with Crippen LogP contribution in [0.15, 0.2) is 12.2 Å². The Morgan fingerprint density at radius 3 is 2.32 bits per heavy atom. The van der Waals surface area contributed by atoms with E-state index in [0.717, 1.165) is 6.42 Å². The maximum atomic E-state index is 12.4. The predicted molar refractivity (Wildman–Crippen MR) is 92.3 cm³/mol. The number of carbonyl (C=O) groups is 4. The zero-order chi connectivity index (χ0) is 18.8. The first-order valence-electron chi connectivity index (χ1n) is 8.21. The molecule has 9 nitrogen and oxygen atoms in total. The van der Waals surface area contributed by atoms with Crippen molar-refractivity contribution in [2.24, 2.45) is 5.73 Å². The SMILES string of the molecule is CN1CC(=O)N(C)CC(=O)N(CC(N)=O)CC/C=C/CCNCC1=O. The van der Waals surface area contributed by atoms with Crippen LogP contribution in [0.2, 0.25) is 0 Å². The smallest absolute Gasteiger partial charge is 0.242 e. The fourth-order valence-electron chi connectivity index (χ4n) is 2.26. The van der Waals surface area contributed by atoms with Crippen molar-refractivity contribution in [1.82, 2.24) is 20.0 Å². The van der Waals surface area contributed by atoms with Gasteiger partial charge in [0.15, 0.2) is 0 Å². The van der Waals surface area contributed by atoms with Gasteiger partial charge in [0, 0.05) is 20.6 Å². The van der Waals surface area contributed by atoms with E-state index in [4.69, 9.17) is 5.73 Å². The van der Waals surface area contributed by atoms with Crippen molar-refractivity contribution >= 4 is 23.6 Å². The summed E-state index contributed by atoms with van der Waals surface area (Å²) >= 11 is 0. The van der Waals surface area contributed by atoms with Gasteiger partial charge >= 0.3 is 0 Å². The highest BCUT2D eigenvalue weighted by atomic mass is 16.2. The molecule has 1 rings (SSSR count). The Hall–Kier alpha value is -2.42. The summed E-state index contributed by atoms with van der Waals surface area (Å²) in [4.78, 5) is 51.6. The molecule has 0 aromatic heterocycles. The zero-order valence-corrected chi connectivity index (χ0v) is 14.9. The number of nitrogens with one attached hydrogen (secondary N) is 1. The van der Waals surface area contributed by atoms with Crippen LogP contribution >= 0.6 is 0 Å². The summed E-state index contributed by atoms with van der Waals surface area (Å²) in [5.41, 5.74) is 5.20. The van der Waals surface area contributed by atoms with E-state index in [1.54, 1.807) is 7.05 Å². The molecule has 0 bridgehead atoms. The number of carbonyl (C=O) groups excluding carboxylic acids is 4. The lowest BCUT2D eigenvalue weighted by Gasteiger charge is -2.26. The Bertz CT molecular complexity index is 535. The molecule has 0 aromatic carbocycles. The van der Waals surface area contributed by atoms with E-state index in [1.165, 1.54) is 21.7 Å². The third kappa shape index (κ3) is 7.79. The third-order valence-electron chi connectivity index (χ3n) is 3.79. The highest BCUT2D eigenvalue weighted by Crippen LogP contribution is 1.99. The minimum Gasteiger partial charge on any atom is -0.368 e. The number of likely N-dealkylation sites (N-methyl/N-ethyl adjacent to an activating group) is 2. The van der Waals surface area contributed by atoms with Gasteiger partial charge in [-0.25, -0.2) is 0 Å². The Morgan fingerprint density at radius 1 is 1.04 bits per heavy atom. The van der Waals surface area contributed by atoms with Crippen LogP contribution in [0.1, 0.15) is 12.8 Å². The number of nitrogens with two attached hydrogens (primary N) is 1. The minimum absolute atomic E-state index is 0.111. The van der Waals surface area contributed by atoms with Gasteiger partial charge in [-0.15, -0.1) is 0 Å². The molecule has 0 radical (unpaired) electrons. The van der Waals surface area contributed by atoms with E-state index < -0.39 is 5.91 Å². The lowest BCUT2D eigenvalue weighted by molar-refractivity contribution is -0.143. The molecule has 9 heteroatoms. The first-order valence-corrected chi connectivity index (χ1v) is 8.21. The summed E-state index contributed by atoms with van der Waals surface area (Å²) in [7, 11) is 3.03. The maximum Gasteiger partial charge on any atom is 0.242 e. The molecule has 4 amide bonds. The average Bonchev–Trinajstić information content (AvgIpc) is 2.54. The van der Waals surface area contributed by atoms with E-state index in [2.05, 4.69) is 5.32 Å². The quantitative estimate of drug-likeness (QED) is 0.566. The maximum absolute atomic E-state index is 12.4. The van der Waals surface area contributed by atoms with Crippen molar-refractivity contribution in [1.29, 1.82) is 0 Å². The summed E-state index contributed by atoms with van der Waals surface area (Å²) in [5.74, 6) is -1.50. The normalized spacial score (nSPS) is 20.7. The first kappa shape index (κ1) is 20.6. The molecule has 3 N–H and O–H groups in total. The van der Waals surface area contributed by atoms with Crippen LogP contribution in [0.5, 0.6) is 0 Å². The van der Waals surface area contributed by atoms with Crippen LogP contribution in [-0.4, -0.2) is 91.7 Å². The monoisotopic (exact) mass is 353 g/mol. The van der Waals surface area contributed by atoms with Gasteiger partial charge in [-0.1, -0.05) is 12.2 Å². The van der Waals surface area contributed by atoms with Gasteiger partial charge in [0.05, 0.1) is 26.2 Å². The van der Waals surface area contributed by atoms with Crippen molar-refractivity contribution in [3.63, 3.8) is 0 Å². The molecule has 1 heterocycles. The topological polar surface area (TPSA) is 116 Å². The van der Waals surface area contributed by atoms with E-state index >= 15 is 0 Å². The van der Waals surface area contributed by atoms with Gasteiger partial charge in [0.25, 0.3) is 0 Å².